The summed E-state index contributed by atoms with van der Waals surface area (Å²) in [5.41, 5.74) is -0.258. The predicted octanol–water partition coefficient (Wildman–Crippen LogP) is -1.25. The highest BCUT2D eigenvalue weighted by Crippen LogP contribution is 2.38. The highest BCUT2D eigenvalue weighted by atomic mass is 35.5. The monoisotopic (exact) mass is 366 g/mol. The molecule has 0 aliphatic heterocycles. The fraction of sp³-hybridized carbons (Fsp3) is 0.600. The molecule has 1 aromatic carbocycles. The van der Waals surface area contributed by atoms with Gasteiger partial charge in [-0.3, -0.25) is 4.90 Å². The Morgan fingerprint density at radius 3 is 2.16 bits per heavy atom. The van der Waals surface area contributed by atoms with E-state index in [0.29, 0.717) is 19.6 Å². The SMILES string of the molecule is OCCN(CC#CC(O)(c1ccccc1)C1CCCCC1)CCO.[Cl-]. The summed E-state index contributed by atoms with van der Waals surface area (Å²) in [6, 6.07) is 9.72. The number of halogens is 1. The summed E-state index contributed by atoms with van der Waals surface area (Å²) in [5, 5.41) is 29.6. The zero-order valence-corrected chi connectivity index (χ0v) is 15.5. The molecule has 4 nitrogen and oxygen atoms in total. The van der Waals surface area contributed by atoms with E-state index in [1.54, 1.807) is 0 Å². The van der Waals surface area contributed by atoms with E-state index in [1.807, 2.05) is 35.2 Å². The predicted molar refractivity (Wildman–Crippen MR) is 95.3 cm³/mol. The first-order chi connectivity index (χ1) is 11.7. The quantitative estimate of drug-likeness (QED) is 0.528. The van der Waals surface area contributed by atoms with E-state index in [0.717, 1.165) is 31.2 Å². The molecule has 0 heterocycles. The minimum absolute atomic E-state index is 0. The maximum absolute atomic E-state index is 11.4. The molecule has 1 unspecified atom stereocenters. The van der Waals surface area contributed by atoms with Crippen molar-refractivity contribution in [1.29, 1.82) is 0 Å². The first kappa shape index (κ1) is 22.0. The van der Waals surface area contributed by atoms with Crippen molar-refractivity contribution in [2.24, 2.45) is 5.92 Å². The summed E-state index contributed by atoms with van der Waals surface area (Å²) >= 11 is 0. The maximum atomic E-state index is 11.4. The van der Waals surface area contributed by atoms with Crippen LogP contribution in [0, 0.1) is 17.8 Å². The van der Waals surface area contributed by atoms with Crippen LogP contribution in [0.1, 0.15) is 37.7 Å². The smallest absolute Gasteiger partial charge is 0.153 e. The molecule has 1 aliphatic carbocycles. The van der Waals surface area contributed by atoms with E-state index >= 15 is 0 Å². The van der Waals surface area contributed by atoms with Gasteiger partial charge in [-0.2, -0.15) is 0 Å². The first-order valence-electron chi connectivity index (χ1n) is 8.92. The number of hydrogen-bond acceptors (Lipinski definition) is 4. The molecule has 1 saturated carbocycles. The van der Waals surface area contributed by atoms with Crippen molar-refractivity contribution in [3.8, 4) is 11.8 Å². The minimum atomic E-state index is -1.12. The van der Waals surface area contributed by atoms with Crippen LogP contribution in [0.4, 0.5) is 0 Å². The van der Waals surface area contributed by atoms with Crippen LogP contribution in [0.15, 0.2) is 30.3 Å². The lowest BCUT2D eigenvalue weighted by molar-refractivity contribution is -0.0000218. The van der Waals surface area contributed by atoms with Crippen molar-refractivity contribution in [2.45, 2.75) is 37.7 Å². The van der Waals surface area contributed by atoms with Crippen molar-refractivity contribution in [3.05, 3.63) is 35.9 Å². The summed E-state index contributed by atoms with van der Waals surface area (Å²) < 4.78 is 0. The second-order valence-electron chi connectivity index (χ2n) is 6.49. The number of nitrogens with zero attached hydrogens (tertiary/aromatic N) is 1. The van der Waals surface area contributed by atoms with Gasteiger partial charge in [0.1, 0.15) is 0 Å². The molecule has 0 amide bonds. The van der Waals surface area contributed by atoms with E-state index in [1.165, 1.54) is 6.42 Å². The van der Waals surface area contributed by atoms with Gasteiger partial charge in [-0.15, -0.1) is 0 Å². The van der Waals surface area contributed by atoms with Crippen LogP contribution >= 0.6 is 0 Å². The fourth-order valence-electron chi connectivity index (χ4n) is 3.46. The summed E-state index contributed by atoms with van der Waals surface area (Å²) in [6.07, 6.45) is 5.51. The third-order valence-corrected chi connectivity index (χ3v) is 4.82. The van der Waals surface area contributed by atoms with Gasteiger partial charge in [0, 0.05) is 19.0 Å². The lowest BCUT2D eigenvalue weighted by Gasteiger charge is -2.35. The molecule has 3 N–H and O–H groups in total. The molecule has 1 aromatic rings. The van der Waals surface area contributed by atoms with Gasteiger partial charge in [0.15, 0.2) is 5.60 Å². The third kappa shape index (κ3) is 6.29. The van der Waals surface area contributed by atoms with E-state index in [-0.39, 0.29) is 31.5 Å². The maximum Gasteiger partial charge on any atom is 0.153 e. The molecule has 0 saturated heterocycles. The van der Waals surface area contributed by atoms with Crippen molar-refractivity contribution < 1.29 is 27.7 Å². The minimum Gasteiger partial charge on any atom is -1.00 e. The van der Waals surface area contributed by atoms with Gasteiger partial charge in [0.2, 0.25) is 0 Å². The first-order valence-corrected chi connectivity index (χ1v) is 8.92. The second-order valence-corrected chi connectivity index (χ2v) is 6.49. The Bertz CT molecular complexity index is 531. The molecule has 5 heteroatoms. The summed E-state index contributed by atoms with van der Waals surface area (Å²) in [6.45, 7) is 1.45. The Balaban J connectivity index is 0.00000312. The molecule has 1 fully saturated rings. The molecular weight excluding hydrogens is 338 g/mol. The van der Waals surface area contributed by atoms with Crippen molar-refractivity contribution in [2.75, 3.05) is 32.8 Å². The summed E-state index contributed by atoms with van der Waals surface area (Å²) in [5.74, 6) is 6.38. The summed E-state index contributed by atoms with van der Waals surface area (Å²) in [7, 11) is 0. The van der Waals surface area contributed by atoms with Crippen LogP contribution in [0.3, 0.4) is 0 Å². The fourth-order valence-corrected chi connectivity index (χ4v) is 3.46. The molecule has 0 radical (unpaired) electrons. The van der Waals surface area contributed by atoms with Gasteiger partial charge in [-0.05, 0) is 18.4 Å². The Morgan fingerprint density at radius 1 is 1.00 bits per heavy atom. The van der Waals surface area contributed by atoms with Crippen LogP contribution < -0.4 is 12.4 Å². The highest BCUT2D eigenvalue weighted by molar-refractivity contribution is 5.33. The Kier molecular flexibility index (Phi) is 10.1. The number of hydrogen-bond donors (Lipinski definition) is 3. The van der Waals surface area contributed by atoms with E-state index in [2.05, 4.69) is 11.8 Å². The van der Waals surface area contributed by atoms with Crippen LogP contribution in [-0.2, 0) is 5.60 Å². The molecular formula is C20H29ClNO3-. The molecule has 1 aliphatic rings. The average molecular weight is 367 g/mol. The molecule has 2 rings (SSSR count). The average Bonchev–Trinajstić information content (AvgIpc) is 2.63. The lowest BCUT2D eigenvalue weighted by atomic mass is 9.73. The number of benzene rings is 1. The van der Waals surface area contributed by atoms with E-state index in [4.69, 9.17) is 10.2 Å². The van der Waals surface area contributed by atoms with Crippen LogP contribution in [0.25, 0.3) is 0 Å². The zero-order chi connectivity index (χ0) is 17.3. The van der Waals surface area contributed by atoms with Crippen LogP contribution in [0.5, 0.6) is 0 Å². The van der Waals surface area contributed by atoms with Gasteiger partial charge in [0.25, 0.3) is 0 Å². The van der Waals surface area contributed by atoms with Crippen LogP contribution in [-0.4, -0.2) is 53.1 Å². The second kappa shape index (κ2) is 11.5. The topological polar surface area (TPSA) is 63.9 Å². The molecule has 25 heavy (non-hydrogen) atoms. The number of aliphatic hydroxyl groups is 3. The van der Waals surface area contributed by atoms with E-state index in [9.17, 15) is 5.11 Å². The van der Waals surface area contributed by atoms with Gasteiger partial charge in [-0.1, -0.05) is 61.4 Å². The number of rotatable bonds is 7. The molecule has 1 atom stereocenters. The van der Waals surface area contributed by atoms with Gasteiger partial charge in [0.05, 0.1) is 19.8 Å². The van der Waals surface area contributed by atoms with Crippen molar-refractivity contribution >= 4 is 0 Å². The molecule has 0 aromatic heterocycles. The van der Waals surface area contributed by atoms with E-state index < -0.39 is 5.60 Å². The lowest BCUT2D eigenvalue weighted by Crippen LogP contribution is -3.00. The molecule has 0 spiro atoms. The summed E-state index contributed by atoms with van der Waals surface area (Å²) in [4.78, 5) is 1.89. The Hall–Kier alpha value is -1.09. The standard InChI is InChI=1S/C20H29NO3.ClH/c22-16-14-21(15-17-23)13-7-12-20(24,18-8-3-1-4-9-18)19-10-5-2-6-11-19;/h1,3-4,8-9,19,22-24H,2,5-6,10-11,13-17H2;1H/p-1. The highest BCUT2D eigenvalue weighted by Gasteiger charge is 2.37. The zero-order valence-electron chi connectivity index (χ0n) is 14.7. The molecule has 0 bridgehead atoms. The number of aliphatic hydroxyl groups excluding tert-OH is 2. The van der Waals surface area contributed by atoms with Crippen molar-refractivity contribution in [3.63, 3.8) is 0 Å². The largest absolute Gasteiger partial charge is 1.00 e. The van der Waals surface area contributed by atoms with Gasteiger partial charge >= 0.3 is 0 Å². The van der Waals surface area contributed by atoms with Gasteiger partial charge in [-0.25, -0.2) is 0 Å². The molecule has 140 valence electrons. The van der Waals surface area contributed by atoms with Crippen LogP contribution in [0.2, 0.25) is 0 Å². The Labute approximate surface area is 157 Å². The van der Waals surface area contributed by atoms with Gasteiger partial charge < -0.3 is 27.7 Å². The normalized spacial score (nSPS) is 17.3. The third-order valence-electron chi connectivity index (χ3n) is 4.82. The van der Waals surface area contributed by atoms with Crippen molar-refractivity contribution in [1.82, 2.24) is 4.90 Å². The Morgan fingerprint density at radius 2 is 1.60 bits per heavy atom.